The Morgan fingerprint density at radius 2 is 2.11 bits per heavy atom. The van der Waals surface area contributed by atoms with Crippen LogP contribution in [0, 0.1) is 5.92 Å². The summed E-state index contributed by atoms with van der Waals surface area (Å²) in [6.07, 6.45) is 4.49. The number of methoxy groups -OCH3 is 1. The van der Waals surface area contributed by atoms with Crippen molar-refractivity contribution in [2.75, 3.05) is 49.3 Å². The summed E-state index contributed by atoms with van der Waals surface area (Å²) in [6.45, 7) is 3.24. The molecule has 37 heavy (non-hydrogen) atoms. The van der Waals surface area contributed by atoms with Gasteiger partial charge in [0, 0.05) is 35.9 Å². The number of pyridine rings is 2. The molecule has 0 unspecified atom stereocenters. The number of carbonyl (C=O) groups excluding carboxylic acids is 2. The Bertz CT molecular complexity index is 1350. The zero-order chi connectivity index (χ0) is 25.4. The fourth-order valence-electron chi connectivity index (χ4n) is 5.40. The molecule has 3 aliphatic rings. The highest BCUT2D eigenvalue weighted by Crippen LogP contribution is 2.35. The minimum atomic E-state index is -0.331. The van der Waals surface area contributed by atoms with Crippen molar-refractivity contribution in [1.82, 2.24) is 14.9 Å². The number of aromatic nitrogens is 2. The lowest BCUT2D eigenvalue weighted by Crippen LogP contribution is -2.33. The molecule has 10 heteroatoms. The maximum Gasteiger partial charge on any atom is 0.414 e. The Hall–Kier alpha value is -3.37. The molecule has 0 saturated carbocycles. The number of carbonyl (C=O) groups is 2. The first-order chi connectivity index (χ1) is 18.1. The quantitative estimate of drug-likeness (QED) is 0.501. The van der Waals surface area contributed by atoms with Gasteiger partial charge < -0.3 is 14.8 Å². The Labute approximate surface area is 219 Å². The summed E-state index contributed by atoms with van der Waals surface area (Å²) in [7, 11) is 1.63. The number of rotatable bonds is 7. The standard InChI is InChI=1S/C27H29N5O4S/c1-35-25-7-5-21-26(30-25)18(8-10-28-21)3-2-17-9-11-31(13-17)14-20-15-32(27(34)36-20)19-4-6-23-22(12-19)29-24(33)16-37-23/h4-8,10,12,17,20H,2-3,9,11,13-16H2,1H3,(H,29,33)/t17-,20+/m0/s1. The van der Waals surface area contributed by atoms with E-state index in [0.29, 0.717) is 24.1 Å². The van der Waals surface area contributed by atoms with Crippen LogP contribution in [-0.2, 0) is 16.0 Å². The summed E-state index contributed by atoms with van der Waals surface area (Å²) in [4.78, 5) is 38.5. The summed E-state index contributed by atoms with van der Waals surface area (Å²) < 4.78 is 11.0. The van der Waals surface area contributed by atoms with Crippen molar-refractivity contribution in [3.63, 3.8) is 0 Å². The molecule has 2 aromatic heterocycles. The van der Waals surface area contributed by atoms with Crippen LogP contribution in [0.25, 0.3) is 11.0 Å². The second kappa shape index (κ2) is 10.2. The van der Waals surface area contributed by atoms with Crippen molar-refractivity contribution in [3.05, 3.63) is 48.2 Å². The molecule has 6 rings (SSSR count). The molecule has 2 amide bonds. The van der Waals surface area contributed by atoms with Crippen LogP contribution in [0.15, 0.2) is 47.5 Å². The smallest absolute Gasteiger partial charge is 0.414 e. The highest BCUT2D eigenvalue weighted by Gasteiger charge is 2.35. The number of benzene rings is 1. The van der Waals surface area contributed by atoms with Gasteiger partial charge in [0.1, 0.15) is 6.10 Å². The summed E-state index contributed by atoms with van der Waals surface area (Å²) >= 11 is 1.51. The molecule has 0 bridgehead atoms. The van der Waals surface area contributed by atoms with Crippen LogP contribution >= 0.6 is 11.8 Å². The van der Waals surface area contributed by atoms with Crippen LogP contribution in [-0.4, -0.2) is 72.0 Å². The molecule has 0 radical (unpaired) electrons. The number of likely N-dealkylation sites (tertiary alicyclic amines) is 1. The molecule has 3 aromatic rings. The molecule has 1 N–H and O–H groups in total. The summed E-state index contributed by atoms with van der Waals surface area (Å²) in [5, 5.41) is 2.89. The van der Waals surface area contributed by atoms with E-state index in [0.717, 1.165) is 66.2 Å². The largest absolute Gasteiger partial charge is 0.481 e. The molecule has 9 nitrogen and oxygen atoms in total. The average Bonchev–Trinajstić information content (AvgIpc) is 3.52. The second-order valence-corrected chi connectivity index (χ2v) is 10.8. The van der Waals surface area contributed by atoms with E-state index in [9.17, 15) is 9.59 Å². The van der Waals surface area contributed by atoms with Crippen molar-refractivity contribution < 1.29 is 19.1 Å². The average molecular weight is 520 g/mol. The van der Waals surface area contributed by atoms with Crippen molar-refractivity contribution >= 4 is 46.2 Å². The fraction of sp³-hybridized carbons (Fsp3) is 0.407. The number of hydrogen-bond acceptors (Lipinski definition) is 8. The molecule has 2 atom stereocenters. The molecule has 2 saturated heterocycles. The van der Waals surface area contributed by atoms with E-state index in [1.807, 2.05) is 36.5 Å². The highest BCUT2D eigenvalue weighted by atomic mass is 32.2. The molecule has 2 fully saturated rings. The van der Waals surface area contributed by atoms with Crippen molar-refractivity contribution in [1.29, 1.82) is 0 Å². The van der Waals surface area contributed by atoms with Gasteiger partial charge in [-0.15, -0.1) is 11.8 Å². The van der Waals surface area contributed by atoms with E-state index in [2.05, 4.69) is 26.3 Å². The normalized spacial score (nSPS) is 21.7. The predicted molar refractivity (Wildman–Crippen MR) is 142 cm³/mol. The molecule has 0 aliphatic carbocycles. The van der Waals surface area contributed by atoms with Crippen LogP contribution in [0.4, 0.5) is 16.2 Å². The Kier molecular flexibility index (Phi) is 6.60. The van der Waals surface area contributed by atoms with Crippen LogP contribution in [0.3, 0.4) is 0 Å². The number of ether oxygens (including phenoxy) is 2. The third-order valence-corrected chi connectivity index (χ3v) is 8.36. The number of anilines is 2. The summed E-state index contributed by atoms with van der Waals surface area (Å²) in [5.74, 6) is 1.59. The third kappa shape index (κ3) is 5.08. The Balaban J connectivity index is 1.04. The zero-order valence-corrected chi connectivity index (χ0v) is 21.5. The monoisotopic (exact) mass is 519 g/mol. The number of nitrogens with zero attached hydrogens (tertiary/aromatic N) is 4. The first-order valence-corrected chi connectivity index (χ1v) is 13.6. The van der Waals surface area contributed by atoms with Gasteiger partial charge in [0.2, 0.25) is 11.8 Å². The van der Waals surface area contributed by atoms with Gasteiger partial charge in [0.15, 0.2) is 0 Å². The molecule has 192 valence electrons. The van der Waals surface area contributed by atoms with Crippen LogP contribution in [0.5, 0.6) is 5.88 Å². The second-order valence-electron chi connectivity index (χ2n) is 9.78. The number of cyclic esters (lactones) is 1. The highest BCUT2D eigenvalue weighted by molar-refractivity contribution is 8.00. The SMILES string of the molecule is COc1ccc2nccc(CC[C@H]3CCN(C[C@@H]4CN(c5ccc6c(c5)NC(=O)CS6)C(=O)O4)C3)c2n1. The minimum Gasteiger partial charge on any atom is -0.481 e. The lowest BCUT2D eigenvalue weighted by molar-refractivity contribution is -0.113. The van der Waals surface area contributed by atoms with Gasteiger partial charge in [0.25, 0.3) is 0 Å². The summed E-state index contributed by atoms with van der Waals surface area (Å²) in [6, 6.07) is 11.6. The Morgan fingerprint density at radius 1 is 1.19 bits per heavy atom. The summed E-state index contributed by atoms with van der Waals surface area (Å²) in [5.41, 5.74) is 4.51. The number of aryl methyl sites for hydroxylation is 1. The van der Waals surface area contributed by atoms with E-state index >= 15 is 0 Å². The third-order valence-electron chi connectivity index (χ3n) is 7.29. The van der Waals surface area contributed by atoms with Crippen LogP contribution in [0.2, 0.25) is 0 Å². The van der Waals surface area contributed by atoms with E-state index < -0.39 is 0 Å². The topological polar surface area (TPSA) is 96.9 Å². The van der Waals surface area contributed by atoms with Gasteiger partial charge in [-0.3, -0.25) is 19.6 Å². The molecule has 1 aromatic carbocycles. The number of fused-ring (bicyclic) bond motifs is 2. The van der Waals surface area contributed by atoms with Gasteiger partial charge >= 0.3 is 6.09 Å². The lowest BCUT2D eigenvalue weighted by atomic mass is 9.98. The molecular weight excluding hydrogens is 490 g/mol. The molecule has 0 spiro atoms. The van der Waals surface area contributed by atoms with Gasteiger partial charge in [0.05, 0.1) is 36.1 Å². The van der Waals surface area contributed by atoms with Gasteiger partial charge in [-0.2, -0.15) is 0 Å². The number of nitrogens with one attached hydrogen (secondary N) is 1. The molecule has 5 heterocycles. The predicted octanol–water partition coefficient (Wildman–Crippen LogP) is 3.96. The van der Waals surface area contributed by atoms with Gasteiger partial charge in [-0.05, 0) is 67.6 Å². The Morgan fingerprint density at radius 3 is 3.00 bits per heavy atom. The molecule has 3 aliphatic heterocycles. The fourth-order valence-corrected chi connectivity index (χ4v) is 6.19. The zero-order valence-electron chi connectivity index (χ0n) is 20.7. The van der Waals surface area contributed by atoms with Crippen molar-refractivity contribution in [2.45, 2.75) is 30.3 Å². The number of hydrogen-bond donors (Lipinski definition) is 1. The maximum atomic E-state index is 12.6. The van der Waals surface area contributed by atoms with E-state index in [4.69, 9.17) is 9.47 Å². The lowest BCUT2D eigenvalue weighted by Gasteiger charge is -2.21. The van der Waals surface area contributed by atoms with Gasteiger partial charge in [-0.1, -0.05) is 0 Å². The first-order valence-electron chi connectivity index (χ1n) is 12.6. The van der Waals surface area contributed by atoms with Crippen LogP contribution in [0.1, 0.15) is 18.4 Å². The van der Waals surface area contributed by atoms with E-state index in [1.54, 1.807) is 12.0 Å². The number of amides is 2. The molecular formula is C27H29N5O4S. The van der Waals surface area contributed by atoms with Crippen molar-refractivity contribution in [2.24, 2.45) is 5.92 Å². The van der Waals surface area contributed by atoms with Gasteiger partial charge in [-0.25, -0.2) is 9.78 Å². The number of thioether (sulfide) groups is 1. The first kappa shape index (κ1) is 24.0. The van der Waals surface area contributed by atoms with Crippen LogP contribution < -0.4 is 15.0 Å². The van der Waals surface area contributed by atoms with E-state index in [-0.39, 0.29) is 18.1 Å². The van der Waals surface area contributed by atoms with E-state index in [1.165, 1.54) is 17.3 Å². The minimum absolute atomic E-state index is 0.0202. The van der Waals surface area contributed by atoms with Crippen molar-refractivity contribution in [3.8, 4) is 5.88 Å². The maximum absolute atomic E-state index is 12.6.